The van der Waals surface area contributed by atoms with E-state index in [0.29, 0.717) is 0 Å². The van der Waals surface area contributed by atoms with Crippen molar-refractivity contribution < 1.29 is 5.11 Å². The van der Waals surface area contributed by atoms with Gasteiger partial charge in [-0.25, -0.2) is 4.98 Å². The standard InChI is InChI=1S/C16H23N3OS/c1-16(2,3)14-13(11-20)21-15(18-14)19(4)10-8-12-7-5-6-9-17-12/h5-7,9,20H,8,10-11H2,1-4H3. The summed E-state index contributed by atoms with van der Waals surface area (Å²) < 4.78 is 0. The molecule has 0 amide bonds. The Morgan fingerprint density at radius 1 is 1.29 bits per heavy atom. The van der Waals surface area contributed by atoms with E-state index in [2.05, 4.69) is 30.7 Å². The topological polar surface area (TPSA) is 49.2 Å². The summed E-state index contributed by atoms with van der Waals surface area (Å²) in [5.74, 6) is 0. The smallest absolute Gasteiger partial charge is 0.185 e. The highest BCUT2D eigenvalue weighted by atomic mass is 32.1. The first-order chi connectivity index (χ1) is 9.91. The lowest BCUT2D eigenvalue weighted by molar-refractivity contribution is 0.282. The molecule has 0 bridgehead atoms. The predicted octanol–water partition coefficient (Wildman–Crippen LogP) is 3.01. The molecule has 0 fully saturated rings. The largest absolute Gasteiger partial charge is 0.391 e. The third-order valence-electron chi connectivity index (χ3n) is 3.30. The Balaban J connectivity index is 2.09. The number of pyridine rings is 1. The van der Waals surface area contributed by atoms with Gasteiger partial charge in [-0.3, -0.25) is 4.98 Å². The van der Waals surface area contributed by atoms with Gasteiger partial charge < -0.3 is 10.0 Å². The summed E-state index contributed by atoms with van der Waals surface area (Å²) >= 11 is 1.57. The van der Waals surface area contributed by atoms with Gasteiger partial charge in [0.2, 0.25) is 0 Å². The molecule has 1 N–H and O–H groups in total. The Bertz CT molecular complexity index is 575. The Hall–Kier alpha value is -1.46. The van der Waals surface area contributed by atoms with Crippen LogP contribution in [0.15, 0.2) is 24.4 Å². The van der Waals surface area contributed by atoms with Crippen LogP contribution in [0, 0.1) is 0 Å². The quantitative estimate of drug-likeness (QED) is 0.922. The number of thiazole rings is 1. The minimum atomic E-state index is -0.0470. The molecule has 0 saturated heterocycles. The van der Waals surface area contributed by atoms with E-state index in [9.17, 15) is 5.11 Å². The van der Waals surface area contributed by atoms with E-state index >= 15 is 0 Å². The van der Waals surface area contributed by atoms with Crippen LogP contribution in [0.3, 0.4) is 0 Å². The van der Waals surface area contributed by atoms with Gasteiger partial charge in [-0.1, -0.05) is 38.2 Å². The summed E-state index contributed by atoms with van der Waals surface area (Å²) in [6, 6.07) is 5.97. The number of aliphatic hydroxyl groups excluding tert-OH is 1. The summed E-state index contributed by atoms with van der Waals surface area (Å²) in [6.45, 7) is 7.29. The molecule has 0 aliphatic heterocycles. The molecule has 4 nitrogen and oxygen atoms in total. The molecule has 0 aromatic carbocycles. The number of hydrogen-bond acceptors (Lipinski definition) is 5. The van der Waals surface area contributed by atoms with Gasteiger partial charge in [0.25, 0.3) is 0 Å². The molecule has 2 aromatic heterocycles. The average Bonchev–Trinajstić information content (AvgIpc) is 2.90. The summed E-state index contributed by atoms with van der Waals surface area (Å²) in [5, 5.41) is 10.5. The van der Waals surface area contributed by atoms with Gasteiger partial charge in [-0.05, 0) is 12.1 Å². The lowest BCUT2D eigenvalue weighted by Gasteiger charge is -2.18. The summed E-state index contributed by atoms with van der Waals surface area (Å²) in [5.41, 5.74) is 2.03. The minimum Gasteiger partial charge on any atom is -0.391 e. The monoisotopic (exact) mass is 305 g/mol. The van der Waals surface area contributed by atoms with Crippen molar-refractivity contribution in [1.29, 1.82) is 0 Å². The van der Waals surface area contributed by atoms with Crippen LogP contribution in [-0.4, -0.2) is 28.7 Å². The fourth-order valence-electron chi connectivity index (χ4n) is 2.12. The Morgan fingerprint density at radius 2 is 2.05 bits per heavy atom. The van der Waals surface area contributed by atoms with Crippen molar-refractivity contribution >= 4 is 16.5 Å². The lowest BCUT2D eigenvalue weighted by atomic mass is 9.91. The predicted molar refractivity (Wildman–Crippen MR) is 87.9 cm³/mol. The molecule has 114 valence electrons. The van der Waals surface area contributed by atoms with Crippen LogP contribution in [0.1, 0.15) is 37.0 Å². The van der Waals surface area contributed by atoms with E-state index in [1.807, 2.05) is 31.4 Å². The Morgan fingerprint density at radius 3 is 2.57 bits per heavy atom. The van der Waals surface area contributed by atoms with Gasteiger partial charge in [0.15, 0.2) is 5.13 Å². The lowest BCUT2D eigenvalue weighted by Crippen LogP contribution is -2.21. The highest BCUT2D eigenvalue weighted by molar-refractivity contribution is 7.15. The SMILES string of the molecule is CN(CCc1ccccn1)c1nc(C(C)(C)C)c(CO)s1. The maximum atomic E-state index is 9.53. The molecule has 0 atom stereocenters. The van der Waals surface area contributed by atoms with Crippen molar-refractivity contribution in [1.82, 2.24) is 9.97 Å². The molecular weight excluding hydrogens is 282 g/mol. The molecule has 0 saturated carbocycles. The van der Waals surface area contributed by atoms with Crippen LogP contribution in [-0.2, 0) is 18.4 Å². The average molecular weight is 305 g/mol. The highest BCUT2D eigenvalue weighted by Crippen LogP contribution is 2.33. The number of likely N-dealkylation sites (N-methyl/N-ethyl adjacent to an activating group) is 1. The minimum absolute atomic E-state index is 0.0470. The molecular formula is C16H23N3OS. The van der Waals surface area contributed by atoms with Crippen LogP contribution in [0.5, 0.6) is 0 Å². The zero-order valence-corrected chi connectivity index (χ0v) is 13.9. The van der Waals surface area contributed by atoms with Crippen molar-refractivity contribution in [3.05, 3.63) is 40.7 Å². The van der Waals surface area contributed by atoms with Gasteiger partial charge in [-0.15, -0.1) is 0 Å². The van der Waals surface area contributed by atoms with Gasteiger partial charge >= 0.3 is 0 Å². The molecule has 0 aliphatic rings. The zero-order valence-electron chi connectivity index (χ0n) is 13.1. The van der Waals surface area contributed by atoms with Gasteiger partial charge in [0.05, 0.1) is 17.2 Å². The fraction of sp³-hybridized carbons (Fsp3) is 0.500. The van der Waals surface area contributed by atoms with Crippen molar-refractivity contribution in [2.45, 2.75) is 39.2 Å². The summed E-state index contributed by atoms with van der Waals surface area (Å²) in [6.07, 6.45) is 2.70. The van der Waals surface area contributed by atoms with Crippen molar-refractivity contribution in [2.75, 3.05) is 18.5 Å². The number of nitrogens with zero attached hydrogens (tertiary/aromatic N) is 3. The van der Waals surface area contributed by atoms with E-state index in [4.69, 9.17) is 4.98 Å². The van der Waals surface area contributed by atoms with Crippen molar-refractivity contribution in [3.8, 4) is 0 Å². The summed E-state index contributed by atoms with van der Waals surface area (Å²) in [4.78, 5) is 12.2. The van der Waals surface area contributed by atoms with Gasteiger partial charge in [0, 0.05) is 37.3 Å². The third-order valence-corrected chi connectivity index (χ3v) is 4.45. The Labute approximate surface area is 130 Å². The molecule has 0 unspecified atom stereocenters. The van der Waals surface area contributed by atoms with Crippen LogP contribution in [0.2, 0.25) is 0 Å². The third kappa shape index (κ3) is 4.02. The summed E-state index contributed by atoms with van der Waals surface area (Å²) in [7, 11) is 2.04. The molecule has 2 heterocycles. The van der Waals surface area contributed by atoms with Crippen LogP contribution < -0.4 is 4.90 Å². The first-order valence-corrected chi connectivity index (χ1v) is 7.95. The molecule has 21 heavy (non-hydrogen) atoms. The number of aliphatic hydroxyl groups is 1. The number of rotatable bonds is 5. The molecule has 2 rings (SSSR count). The van der Waals surface area contributed by atoms with E-state index in [1.165, 1.54) is 0 Å². The Kier molecular flexibility index (Phi) is 4.96. The van der Waals surface area contributed by atoms with Crippen LogP contribution in [0.25, 0.3) is 0 Å². The van der Waals surface area contributed by atoms with E-state index in [1.54, 1.807) is 11.3 Å². The maximum Gasteiger partial charge on any atom is 0.185 e. The van der Waals surface area contributed by atoms with E-state index < -0.39 is 0 Å². The second-order valence-corrected chi connectivity index (χ2v) is 7.23. The second-order valence-electron chi connectivity index (χ2n) is 6.17. The van der Waals surface area contributed by atoms with Crippen LogP contribution in [0.4, 0.5) is 5.13 Å². The van der Waals surface area contributed by atoms with Crippen molar-refractivity contribution in [3.63, 3.8) is 0 Å². The first kappa shape index (κ1) is 15.9. The number of hydrogen-bond donors (Lipinski definition) is 1. The number of aromatic nitrogens is 2. The normalized spacial score (nSPS) is 11.7. The number of anilines is 1. The fourth-order valence-corrected chi connectivity index (χ4v) is 3.24. The van der Waals surface area contributed by atoms with Crippen LogP contribution >= 0.6 is 11.3 Å². The van der Waals surface area contributed by atoms with Crippen molar-refractivity contribution in [2.24, 2.45) is 0 Å². The molecule has 2 aromatic rings. The highest BCUT2D eigenvalue weighted by Gasteiger charge is 2.23. The zero-order chi connectivity index (χ0) is 15.5. The molecule has 0 radical (unpaired) electrons. The molecule has 5 heteroatoms. The maximum absolute atomic E-state index is 9.53. The van der Waals surface area contributed by atoms with E-state index in [0.717, 1.165) is 34.4 Å². The van der Waals surface area contributed by atoms with Gasteiger partial charge in [-0.2, -0.15) is 0 Å². The second kappa shape index (κ2) is 6.54. The molecule has 0 spiro atoms. The first-order valence-electron chi connectivity index (χ1n) is 7.14. The van der Waals surface area contributed by atoms with E-state index in [-0.39, 0.29) is 12.0 Å². The molecule has 0 aliphatic carbocycles. The van der Waals surface area contributed by atoms with Gasteiger partial charge in [0.1, 0.15) is 0 Å².